The first kappa shape index (κ1) is 18.1. The number of carboxylic acids is 1. The molecule has 0 heterocycles. The number of phenolic OH excluding ortho intramolecular Hbond substituents is 1. The van der Waals surface area contributed by atoms with Gasteiger partial charge in [-0.3, -0.25) is 0 Å². The molecule has 4 heteroatoms. The number of hydrogen-bond donors (Lipinski definition) is 2. The van der Waals surface area contributed by atoms with Crippen LogP contribution in [-0.2, 0) is 0 Å². The van der Waals surface area contributed by atoms with Crippen LogP contribution in [0, 0.1) is 0 Å². The molecule has 0 bridgehead atoms. The van der Waals surface area contributed by atoms with Crippen molar-refractivity contribution in [1.29, 1.82) is 0 Å². The number of rotatable bonds is 6. The molecule has 0 fully saturated rings. The molecule has 0 radical (unpaired) electrons. The van der Waals surface area contributed by atoms with Gasteiger partial charge in [0.1, 0.15) is 5.75 Å². The summed E-state index contributed by atoms with van der Waals surface area (Å²) in [4.78, 5) is 11.0. The lowest BCUT2D eigenvalue weighted by molar-refractivity contribution is 0.0697. The van der Waals surface area contributed by atoms with Gasteiger partial charge in [0, 0.05) is 5.56 Å². The van der Waals surface area contributed by atoms with Crippen LogP contribution in [0.15, 0.2) is 72.8 Å². The summed E-state index contributed by atoms with van der Waals surface area (Å²) < 4.78 is 0. The predicted molar refractivity (Wildman–Crippen MR) is 107 cm³/mol. The van der Waals surface area contributed by atoms with E-state index in [9.17, 15) is 9.90 Å². The normalized spacial score (nSPS) is 11.9. The van der Waals surface area contributed by atoms with Gasteiger partial charge in [0.15, 0.2) is 0 Å². The van der Waals surface area contributed by atoms with Crippen LogP contribution >= 0.6 is 11.8 Å². The van der Waals surface area contributed by atoms with Crippen LogP contribution in [0.5, 0.6) is 5.75 Å². The third-order valence-electron chi connectivity index (χ3n) is 4.21. The zero-order chi connectivity index (χ0) is 18.5. The zero-order valence-electron chi connectivity index (χ0n) is 14.4. The van der Waals surface area contributed by atoms with E-state index in [2.05, 4.69) is 19.1 Å². The third-order valence-corrected chi connectivity index (χ3v) is 5.40. The molecule has 132 valence electrons. The van der Waals surface area contributed by atoms with Gasteiger partial charge in [-0.15, -0.1) is 11.8 Å². The Morgan fingerprint density at radius 3 is 2.35 bits per heavy atom. The van der Waals surface area contributed by atoms with Gasteiger partial charge in [0.25, 0.3) is 0 Å². The standard InChI is InChI=1S/C22H20O3S/c1-2-26-21(19-8-3-4-9-20(19)23)18-7-5-6-17(14-18)15-10-12-16(13-11-15)22(24)25/h3-14,21,23H,2H2,1H3,(H,24,25). The predicted octanol–water partition coefficient (Wildman–Crippen LogP) is 5.60. The molecule has 3 nitrogen and oxygen atoms in total. The van der Waals surface area contributed by atoms with E-state index in [0.717, 1.165) is 28.0 Å². The minimum atomic E-state index is -0.927. The van der Waals surface area contributed by atoms with Gasteiger partial charge in [-0.05, 0) is 46.7 Å². The first-order chi connectivity index (χ1) is 12.6. The lowest BCUT2D eigenvalue weighted by Gasteiger charge is -2.19. The molecule has 0 aromatic heterocycles. The highest BCUT2D eigenvalue weighted by atomic mass is 32.2. The summed E-state index contributed by atoms with van der Waals surface area (Å²) in [6.45, 7) is 2.10. The molecule has 0 aliphatic heterocycles. The van der Waals surface area contributed by atoms with E-state index in [1.165, 1.54) is 0 Å². The van der Waals surface area contributed by atoms with Gasteiger partial charge in [-0.1, -0.05) is 55.5 Å². The summed E-state index contributed by atoms with van der Waals surface area (Å²) in [5.41, 5.74) is 4.28. The molecule has 0 saturated heterocycles. The monoisotopic (exact) mass is 364 g/mol. The van der Waals surface area contributed by atoms with Gasteiger partial charge in [-0.25, -0.2) is 4.79 Å². The molecule has 1 atom stereocenters. The van der Waals surface area contributed by atoms with E-state index >= 15 is 0 Å². The van der Waals surface area contributed by atoms with Crippen LogP contribution in [0.1, 0.15) is 33.7 Å². The summed E-state index contributed by atoms with van der Waals surface area (Å²) in [5, 5.41) is 19.4. The van der Waals surface area contributed by atoms with Crippen molar-refractivity contribution in [2.24, 2.45) is 0 Å². The number of aromatic hydroxyl groups is 1. The van der Waals surface area contributed by atoms with Crippen molar-refractivity contribution in [2.45, 2.75) is 12.2 Å². The summed E-state index contributed by atoms with van der Waals surface area (Å²) in [5.74, 6) is 0.301. The zero-order valence-corrected chi connectivity index (χ0v) is 15.2. The average Bonchev–Trinajstić information content (AvgIpc) is 2.67. The van der Waals surface area contributed by atoms with Crippen molar-refractivity contribution in [1.82, 2.24) is 0 Å². The minimum absolute atomic E-state index is 0.0412. The molecule has 3 aromatic carbocycles. The van der Waals surface area contributed by atoms with Gasteiger partial charge in [-0.2, -0.15) is 0 Å². The molecule has 3 rings (SSSR count). The van der Waals surface area contributed by atoms with Crippen molar-refractivity contribution in [3.05, 3.63) is 89.5 Å². The van der Waals surface area contributed by atoms with Crippen molar-refractivity contribution in [2.75, 3.05) is 5.75 Å². The molecule has 0 spiro atoms. The Balaban J connectivity index is 1.99. The number of carboxylic acid groups (broad SMARTS) is 1. The topological polar surface area (TPSA) is 57.5 Å². The first-order valence-electron chi connectivity index (χ1n) is 8.43. The summed E-state index contributed by atoms with van der Waals surface area (Å²) in [6, 6.07) is 22.5. The first-order valence-corrected chi connectivity index (χ1v) is 9.48. The van der Waals surface area contributed by atoms with Crippen molar-refractivity contribution in [3.63, 3.8) is 0 Å². The van der Waals surface area contributed by atoms with E-state index < -0.39 is 5.97 Å². The molecule has 3 aromatic rings. The van der Waals surface area contributed by atoms with E-state index in [1.807, 2.05) is 42.5 Å². The quantitative estimate of drug-likeness (QED) is 0.598. The number of carbonyl (C=O) groups is 1. The SMILES string of the molecule is CCSC(c1cccc(-c2ccc(C(=O)O)cc2)c1)c1ccccc1O. The highest BCUT2D eigenvalue weighted by Crippen LogP contribution is 2.40. The van der Waals surface area contributed by atoms with E-state index in [4.69, 9.17) is 5.11 Å². The average molecular weight is 364 g/mol. The molecule has 26 heavy (non-hydrogen) atoms. The number of para-hydroxylation sites is 1. The largest absolute Gasteiger partial charge is 0.508 e. The highest BCUT2D eigenvalue weighted by Gasteiger charge is 2.18. The number of benzene rings is 3. The van der Waals surface area contributed by atoms with Crippen LogP contribution in [0.2, 0.25) is 0 Å². The van der Waals surface area contributed by atoms with Crippen LogP contribution in [0.25, 0.3) is 11.1 Å². The van der Waals surface area contributed by atoms with Crippen molar-refractivity contribution >= 4 is 17.7 Å². The van der Waals surface area contributed by atoms with Gasteiger partial charge >= 0.3 is 5.97 Å². The maximum absolute atomic E-state index is 11.0. The number of aromatic carboxylic acids is 1. The van der Waals surface area contributed by atoms with E-state index in [-0.39, 0.29) is 10.8 Å². The molecule has 0 aliphatic rings. The third kappa shape index (κ3) is 3.92. The van der Waals surface area contributed by atoms with E-state index in [0.29, 0.717) is 5.75 Å². The minimum Gasteiger partial charge on any atom is -0.508 e. The fraction of sp³-hybridized carbons (Fsp3) is 0.136. The Morgan fingerprint density at radius 2 is 1.69 bits per heavy atom. The second-order valence-corrected chi connectivity index (χ2v) is 7.28. The lowest BCUT2D eigenvalue weighted by Crippen LogP contribution is -1.99. The maximum Gasteiger partial charge on any atom is 0.335 e. The second-order valence-electron chi connectivity index (χ2n) is 5.90. The van der Waals surface area contributed by atoms with E-state index in [1.54, 1.807) is 30.0 Å². The van der Waals surface area contributed by atoms with Crippen LogP contribution < -0.4 is 0 Å². The fourth-order valence-corrected chi connectivity index (χ4v) is 3.98. The number of hydrogen-bond acceptors (Lipinski definition) is 3. The summed E-state index contributed by atoms with van der Waals surface area (Å²) in [6.07, 6.45) is 0. The molecule has 0 saturated carbocycles. The van der Waals surface area contributed by atoms with Crippen molar-refractivity contribution < 1.29 is 15.0 Å². The van der Waals surface area contributed by atoms with Gasteiger partial charge < -0.3 is 10.2 Å². The molecule has 2 N–H and O–H groups in total. The van der Waals surface area contributed by atoms with Crippen LogP contribution in [-0.4, -0.2) is 21.9 Å². The number of thioether (sulfide) groups is 1. The smallest absolute Gasteiger partial charge is 0.335 e. The molecular weight excluding hydrogens is 344 g/mol. The highest BCUT2D eigenvalue weighted by molar-refractivity contribution is 7.99. The molecular formula is C22H20O3S. The van der Waals surface area contributed by atoms with Crippen LogP contribution in [0.4, 0.5) is 0 Å². The molecule has 0 aliphatic carbocycles. The van der Waals surface area contributed by atoms with Crippen LogP contribution in [0.3, 0.4) is 0 Å². The summed E-state index contributed by atoms with van der Waals surface area (Å²) >= 11 is 1.77. The number of phenols is 1. The fourth-order valence-electron chi connectivity index (χ4n) is 2.93. The lowest BCUT2D eigenvalue weighted by atomic mass is 9.98. The Morgan fingerprint density at radius 1 is 0.962 bits per heavy atom. The Hall–Kier alpha value is -2.72. The van der Waals surface area contributed by atoms with Crippen molar-refractivity contribution in [3.8, 4) is 16.9 Å². The second kappa shape index (κ2) is 8.11. The van der Waals surface area contributed by atoms with Gasteiger partial charge in [0.05, 0.1) is 10.8 Å². The molecule has 1 unspecified atom stereocenters. The summed E-state index contributed by atoms with van der Waals surface area (Å²) in [7, 11) is 0. The molecule has 0 amide bonds. The Labute approximate surface area is 157 Å². The Bertz CT molecular complexity index is 903. The maximum atomic E-state index is 11.0. The van der Waals surface area contributed by atoms with Gasteiger partial charge in [0.2, 0.25) is 0 Å². The Kier molecular flexibility index (Phi) is 5.64.